The number of rotatable bonds is 7. The fourth-order valence-corrected chi connectivity index (χ4v) is 3.13. The van der Waals surface area contributed by atoms with E-state index in [0.717, 1.165) is 4.90 Å². The Labute approximate surface area is 192 Å². The molecule has 11 heteroatoms. The zero-order valence-corrected chi connectivity index (χ0v) is 18.2. The van der Waals surface area contributed by atoms with E-state index in [2.05, 4.69) is 5.32 Å². The highest BCUT2D eigenvalue weighted by molar-refractivity contribution is 6.43. The summed E-state index contributed by atoms with van der Waals surface area (Å²) in [5, 5.41) is 2.51. The van der Waals surface area contributed by atoms with Gasteiger partial charge in [-0.05, 0) is 48.9 Å². The molecule has 5 amide bonds. The van der Waals surface area contributed by atoms with Gasteiger partial charge < -0.3 is 15.2 Å². The SMILES string of the molecule is CCOc1cc(/C=C2\C(=O)NC(=O)N(c3ccc(Cl)c(Cl)c3)C2=O)ccc1OCC(N)=O. The maximum Gasteiger partial charge on any atom is 0.335 e. The number of nitrogens with two attached hydrogens (primary N) is 1. The van der Waals surface area contributed by atoms with Gasteiger partial charge in [0.25, 0.3) is 17.7 Å². The van der Waals surface area contributed by atoms with Gasteiger partial charge in [0, 0.05) is 0 Å². The number of primary amides is 1. The van der Waals surface area contributed by atoms with Crippen LogP contribution < -0.4 is 25.4 Å². The van der Waals surface area contributed by atoms with E-state index in [1.807, 2.05) is 0 Å². The number of urea groups is 1. The molecule has 2 aromatic rings. The number of nitrogens with one attached hydrogen (secondary N) is 1. The fraction of sp³-hybridized carbons (Fsp3) is 0.143. The molecule has 0 aromatic heterocycles. The van der Waals surface area contributed by atoms with Crippen LogP contribution in [-0.4, -0.2) is 37.0 Å². The van der Waals surface area contributed by atoms with Crippen molar-refractivity contribution in [1.29, 1.82) is 0 Å². The first-order valence-corrected chi connectivity index (χ1v) is 10.0. The van der Waals surface area contributed by atoms with E-state index in [0.29, 0.717) is 12.2 Å². The van der Waals surface area contributed by atoms with Gasteiger partial charge in [0.05, 0.1) is 22.3 Å². The lowest BCUT2D eigenvalue weighted by atomic mass is 10.1. The van der Waals surface area contributed by atoms with Crippen molar-refractivity contribution in [2.24, 2.45) is 5.73 Å². The highest BCUT2D eigenvalue weighted by atomic mass is 35.5. The van der Waals surface area contributed by atoms with Crippen molar-refractivity contribution in [3.63, 3.8) is 0 Å². The van der Waals surface area contributed by atoms with Gasteiger partial charge in [0.1, 0.15) is 5.57 Å². The summed E-state index contributed by atoms with van der Waals surface area (Å²) >= 11 is 11.9. The molecule has 32 heavy (non-hydrogen) atoms. The Bertz CT molecular complexity index is 1150. The Morgan fingerprint density at radius 2 is 1.81 bits per heavy atom. The van der Waals surface area contributed by atoms with E-state index >= 15 is 0 Å². The van der Waals surface area contributed by atoms with Crippen LogP contribution in [0.1, 0.15) is 12.5 Å². The number of halogens is 2. The molecular formula is C21H17Cl2N3O6. The second-order valence-corrected chi connectivity index (χ2v) is 7.26. The van der Waals surface area contributed by atoms with Crippen LogP contribution in [0, 0.1) is 0 Å². The fourth-order valence-electron chi connectivity index (χ4n) is 2.83. The number of carbonyl (C=O) groups excluding carboxylic acids is 4. The molecule has 0 unspecified atom stereocenters. The average Bonchev–Trinajstić information content (AvgIpc) is 2.73. The minimum absolute atomic E-state index is 0.139. The van der Waals surface area contributed by atoms with Crippen molar-refractivity contribution >= 4 is 58.7 Å². The molecule has 1 aliphatic rings. The summed E-state index contributed by atoms with van der Waals surface area (Å²) in [4.78, 5) is 49.4. The van der Waals surface area contributed by atoms with Crippen LogP contribution in [0.4, 0.5) is 10.5 Å². The van der Waals surface area contributed by atoms with Gasteiger partial charge in [-0.2, -0.15) is 0 Å². The van der Waals surface area contributed by atoms with Crippen LogP contribution in [-0.2, 0) is 14.4 Å². The second-order valence-electron chi connectivity index (χ2n) is 6.45. The Hall–Kier alpha value is -3.56. The molecule has 1 heterocycles. The molecule has 0 saturated carbocycles. The number of benzene rings is 2. The maximum absolute atomic E-state index is 13.0. The third-order valence-corrected chi connectivity index (χ3v) is 4.95. The molecule has 0 atom stereocenters. The number of amides is 5. The minimum atomic E-state index is -0.916. The number of nitrogens with zero attached hydrogens (tertiary/aromatic N) is 1. The summed E-state index contributed by atoms with van der Waals surface area (Å²) in [5.74, 6) is -1.81. The Balaban J connectivity index is 1.97. The zero-order chi connectivity index (χ0) is 23.4. The molecule has 0 bridgehead atoms. The van der Waals surface area contributed by atoms with Crippen LogP contribution in [0.25, 0.3) is 6.08 Å². The molecule has 1 saturated heterocycles. The van der Waals surface area contributed by atoms with Gasteiger partial charge in [-0.1, -0.05) is 29.3 Å². The summed E-state index contributed by atoms with van der Waals surface area (Å²) in [6.45, 7) is 1.70. The van der Waals surface area contributed by atoms with Crippen LogP contribution in [0.5, 0.6) is 11.5 Å². The van der Waals surface area contributed by atoms with Gasteiger partial charge in [-0.25, -0.2) is 9.69 Å². The van der Waals surface area contributed by atoms with Crippen LogP contribution in [0.15, 0.2) is 42.0 Å². The largest absolute Gasteiger partial charge is 0.490 e. The van der Waals surface area contributed by atoms with E-state index < -0.39 is 23.8 Å². The quantitative estimate of drug-likeness (QED) is 0.465. The monoisotopic (exact) mass is 477 g/mol. The molecule has 9 nitrogen and oxygen atoms in total. The molecule has 0 spiro atoms. The first-order valence-electron chi connectivity index (χ1n) is 9.25. The van der Waals surface area contributed by atoms with Crippen LogP contribution >= 0.6 is 23.2 Å². The van der Waals surface area contributed by atoms with E-state index in [9.17, 15) is 19.2 Å². The van der Waals surface area contributed by atoms with Crippen molar-refractivity contribution in [3.8, 4) is 11.5 Å². The molecule has 0 aliphatic carbocycles. The molecule has 1 fully saturated rings. The summed E-state index contributed by atoms with van der Waals surface area (Å²) < 4.78 is 10.8. The van der Waals surface area contributed by atoms with E-state index in [1.54, 1.807) is 13.0 Å². The number of anilines is 1. The van der Waals surface area contributed by atoms with Crippen molar-refractivity contribution in [1.82, 2.24) is 5.32 Å². The Kier molecular flexibility index (Phi) is 7.01. The highest BCUT2D eigenvalue weighted by Crippen LogP contribution is 2.31. The number of carbonyl (C=O) groups is 4. The first kappa shape index (κ1) is 23.1. The van der Waals surface area contributed by atoms with Crippen molar-refractivity contribution in [3.05, 3.63) is 57.6 Å². The van der Waals surface area contributed by atoms with Crippen LogP contribution in [0.2, 0.25) is 10.0 Å². The van der Waals surface area contributed by atoms with Gasteiger partial charge >= 0.3 is 6.03 Å². The van der Waals surface area contributed by atoms with E-state index in [4.69, 9.17) is 38.4 Å². The summed E-state index contributed by atoms with van der Waals surface area (Å²) in [5.41, 5.74) is 5.37. The standard InChI is InChI=1S/C21H17Cl2N3O6/c1-2-31-17-8-11(3-6-16(17)32-10-18(24)27)7-13-19(28)25-21(30)26(20(13)29)12-4-5-14(22)15(23)9-12/h3-9H,2,10H2,1H3,(H2,24,27)(H,25,28,30)/b13-7+. The smallest absolute Gasteiger partial charge is 0.335 e. The Morgan fingerprint density at radius 3 is 2.47 bits per heavy atom. The molecule has 3 rings (SSSR count). The van der Waals surface area contributed by atoms with E-state index in [-0.39, 0.29) is 39.4 Å². The molecule has 1 aliphatic heterocycles. The van der Waals surface area contributed by atoms with Gasteiger partial charge in [0.2, 0.25) is 0 Å². The average molecular weight is 478 g/mol. The zero-order valence-electron chi connectivity index (χ0n) is 16.7. The maximum atomic E-state index is 13.0. The molecular weight excluding hydrogens is 461 g/mol. The lowest BCUT2D eigenvalue weighted by Crippen LogP contribution is -2.54. The topological polar surface area (TPSA) is 128 Å². The van der Waals surface area contributed by atoms with Gasteiger partial charge in [-0.15, -0.1) is 0 Å². The highest BCUT2D eigenvalue weighted by Gasteiger charge is 2.37. The minimum Gasteiger partial charge on any atom is -0.490 e. The molecule has 0 radical (unpaired) electrons. The normalized spacial score (nSPS) is 15.0. The lowest BCUT2D eigenvalue weighted by Gasteiger charge is -2.26. The van der Waals surface area contributed by atoms with Crippen molar-refractivity contribution in [2.75, 3.05) is 18.1 Å². The third-order valence-electron chi connectivity index (χ3n) is 4.21. The van der Waals surface area contributed by atoms with E-state index in [1.165, 1.54) is 36.4 Å². The number of ether oxygens (including phenoxy) is 2. The third kappa shape index (κ3) is 5.01. The predicted molar refractivity (Wildman–Crippen MR) is 118 cm³/mol. The predicted octanol–water partition coefficient (Wildman–Crippen LogP) is 2.92. The lowest BCUT2D eigenvalue weighted by molar-refractivity contribution is -0.123. The van der Waals surface area contributed by atoms with Gasteiger partial charge in [0.15, 0.2) is 18.1 Å². The summed E-state index contributed by atoms with van der Waals surface area (Å²) in [6, 6.07) is 7.86. The van der Waals surface area contributed by atoms with Crippen molar-refractivity contribution < 1.29 is 28.7 Å². The second kappa shape index (κ2) is 9.71. The van der Waals surface area contributed by atoms with Crippen molar-refractivity contribution in [2.45, 2.75) is 6.92 Å². The molecule has 3 N–H and O–H groups in total. The van der Waals surface area contributed by atoms with Gasteiger partial charge in [-0.3, -0.25) is 19.7 Å². The number of barbiturate groups is 1. The number of hydrogen-bond donors (Lipinski definition) is 2. The summed E-state index contributed by atoms with van der Waals surface area (Å²) in [7, 11) is 0. The molecule has 166 valence electrons. The number of imide groups is 2. The summed E-state index contributed by atoms with van der Waals surface area (Å²) in [6.07, 6.45) is 1.30. The number of hydrogen-bond acceptors (Lipinski definition) is 6. The van der Waals surface area contributed by atoms with Crippen LogP contribution in [0.3, 0.4) is 0 Å². The molecule has 2 aromatic carbocycles. The first-order chi connectivity index (χ1) is 15.2. The Morgan fingerprint density at radius 1 is 1.06 bits per heavy atom.